The number of hydrogen-bond acceptors (Lipinski definition) is 5. The second kappa shape index (κ2) is 6.95. The molecule has 0 radical (unpaired) electrons. The number of hydrogen-bond donors (Lipinski definition) is 0. The fourth-order valence-corrected chi connectivity index (χ4v) is 2.35. The Morgan fingerprint density at radius 3 is 2.65 bits per heavy atom. The average Bonchev–Trinajstić information content (AvgIpc) is 2.52. The molecule has 0 aliphatic heterocycles. The van der Waals surface area contributed by atoms with Gasteiger partial charge in [0.2, 0.25) is 0 Å². The van der Waals surface area contributed by atoms with E-state index >= 15 is 0 Å². The van der Waals surface area contributed by atoms with Gasteiger partial charge in [-0.05, 0) is 24.3 Å². The Bertz CT molecular complexity index is 722. The van der Waals surface area contributed by atoms with Crippen molar-refractivity contribution in [2.45, 2.75) is 11.3 Å². The van der Waals surface area contributed by atoms with Gasteiger partial charge in [-0.3, -0.25) is 4.79 Å². The van der Waals surface area contributed by atoms with Gasteiger partial charge in [-0.15, -0.1) is 0 Å². The predicted octanol–water partition coefficient (Wildman–Crippen LogP) is 3.62. The summed E-state index contributed by atoms with van der Waals surface area (Å²) < 4.78 is 55.8. The van der Waals surface area contributed by atoms with E-state index in [-0.39, 0.29) is 22.2 Å². The average molecular weight is 346 g/mol. The normalized spacial score (nSPS) is 11.3. The summed E-state index contributed by atoms with van der Waals surface area (Å²) in [6.45, 7) is 0. The Balaban J connectivity index is 2.06. The van der Waals surface area contributed by atoms with Gasteiger partial charge >= 0.3 is 6.18 Å². The van der Waals surface area contributed by atoms with Gasteiger partial charge in [0.05, 0.1) is 12.9 Å². The van der Waals surface area contributed by atoms with Crippen LogP contribution in [0.3, 0.4) is 0 Å². The minimum absolute atomic E-state index is 0.00425. The Hall–Kier alpha value is -2.16. The van der Waals surface area contributed by atoms with Crippen LogP contribution in [0.4, 0.5) is 17.6 Å². The van der Waals surface area contributed by atoms with E-state index in [4.69, 9.17) is 4.74 Å². The van der Waals surface area contributed by atoms with Crippen LogP contribution >= 0.6 is 11.8 Å². The molecule has 1 aromatic heterocycles. The minimum Gasteiger partial charge on any atom is -0.494 e. The molecule has 2 rings (SSSR count). The summed E-state index contributed by atoms with van der Waals surface area (Å²) in [6, 6.07) is 4.42. The van der Waals surface area contributed by atoms with Gasteiger partial charge in [-0.1, -0.05) is 11.8 Å². The summed E-state index contributed by atoms with van der Waals surface area (Å²) >= 11 is 0.744. The van der Waals surface area contributed by atoms with Gasteiger partial charge in [-0.25, -0.2) is 14.4 Å². The molecule has 0 aliphatic rings. The molecular weight excluding hydrogens is 336 g/mol. The number of methoxy groups -OCH3 is 1. The van der Waals surface area contributed by atoms with E-state index < -0.39 is 23.5 Å². The SMILES string of the molecule is COc1ccc(C(=O)CSc2nccc(C(F)(F)F)n2)cc1F. The van der Waals surface area contributed by atoms with Crippen molar-refractivity contribution in [1.82, 2.24) is 9.97 Å². The van der Waals surface area contributed by atoms with Crippen molar-refractivity contribution in [2.75, 3.05) is 12.9 Å². The molecule has 0 amide bonds. The van der Waals surface area contributed by atoms with Gasteiger partial charge < -0.3 is 4.74 Å². The van der Waals surface area contributed by atoms with Crippen LogP contribution in [-0.2, 0) is 6.18 Å². The molecule has 0 saturated heterocycles. The third-order valence-electron chi connectivity index (χ3n) is 2.73. The molecule has 23 heavy (non-hydrogen) atoms. The zero-order valence-corrected chi connectivity index (χ0v) is 12.5. The molecule has 4 nitrogen and oxygen atoms in total. The first-order valence-electron chi connectivity index (χ1n) is 6.21. The maximum atomic E-state index is 13.5. The van der Waals surface area contributed by atoms with Crippen LogP contribution in [-0.4, -0.2) is 28.6 Å². The van der Waals surface area contributed by atoms with Gasteiger partial charge in [-0.2, -0.15) is 13.2 Å². The molecule has 0 bridgehead atoms. The smallest absolute Gasteiger partial charge is 0.433 e. The summed E-state index contributed by atoms with van der Waals surface area (Å²) in [4.78, 5) is 18.9. The van der Waals surface area contributed by atoms with Crippen LogP contribution in [0.5, 0.6) is 5.75 Å². The van der Waals surface area contributed by atoms with E-state index in [9.17, 15) is 22.4 Å². The number of benzene rings is 1. The lowest BCUT2D eigenvalue weighted by atomic mass is 10.1. The fourth-order valence-electron chi connectivity index (χ4n) is 1.62. The van der Waals surface area contributed by atoms with Crippen molar-refractivity contribution in [2.24, 2.45) is 0 Å². The van der Waals surface area contributed by atoms with Crippen LogP contribution in [0.15, 0.2) is 35.6 Å². The third-order valence-corrected chi connectivity index (χ3v) is 3.59. The number of carbonyl (C=O) groups excluding carboxylic acids is 1. The van der Waals surface area contributed by atoms with Crippen molar-refractivity contribution in [3.05, 3.63) is 47.5 Å². The number of aromatic nitrogens is 2. The van der Waals surface area contributed by atoms with E-state index in [0.717, 1.165) is 30.1 Å². The zero-order chi connectivity index (χ0) is 17.0. The van der Waals surface area contributed by atoms with Crippen molar-refractivity contribution < 1.29 is 27.1 Å². The highest BCUT2D eigenvalue weighted by Crippen LogP contribution is 2.28. The van der Waals surface area contributed by atoms with E-state index in [0.29, 0.717) is 0 Å². The van der Waals surface area contributed by atoms with Gasteiger partial charge in [0.25, 0.3) is 0 Å². The van der Waals surface area contributed by atoms with Crippen molar-refractivity contribution in [1.29, 1.82) is 0 Å². The number of rotatable bonds is 5. The number of halogens is 4. The molecule has 0 unspecified atom stereocenters. The highest BCUT2D eigenvalue weighted by molar-refractivity contribution is 7.99. The molecule has 122 valence electrons. The highest BCUT2D eigenvalue weighted by Gasteiger charge is 2.32. The standard InChI is InChI=1S/C14H10F4N2O2S/c1-22-11-3-2-8(6-9(11)15)10(21)7-23-13-19-5-4-12(20-13)14(16,17)18/h2-6H,7H2,1H3. The Labute approximate surface area is 132 Å². The molecule has 0 spiro atoms. The molecule has 2 aromatic rings. The Morgan fingerprint density at radius 2 is 2.04 bits per heavy atom. The van der Waals surface area contributed by atoms with Crippen LogP contribution in [0.2, 0.25) is 0 Å². The quantitative estimate of drug-likeness (QED) is 0.358. The first-order chi connectivity index (χ1) is 10.8. The number of ether oxygens (including phenoxy) is 1. The van der Waals surface area contributed by atoms with E-state index in [1.165, 1.54) is 19.2 Å². The summed E-state index contributed by atoms with van der Waals surface area (Å²) in [6.07, 6.45) is -3.61. The van der Waals surface area contributed by atoms with E-state index in [1.54, 1.807) is 0 Å². The Kier molecular flexibility index (Phi) is 5.19. The van der Waals surface area contributed by atoms with Crippen molar-refractivity contribution in [3.8, 4) is 5.75 Å². The molecule has 0 aliphatic carbocycles. The third kappa shape index (κ3) is 4.41. The van der Waals surface area contributed by atoms with Gasteiger partial charge in [0.1, 0.15) is 5.69 Å². The number of thioether (sulfide) groups is 1. The van der Waals surface area contributed by atoms with Crippen molar-refractivity contribution >= 4 is 17.5 Å². The maximum absolute atomic E-state index is 13.5. The van der Waals surface area contributed by atoms with Gasteiger partial charge in [0, 0.05) is 11.8 Å². The summed E-state index contributed by atoms with van der Waals surface area (Å²) in [5.41, 5.74) is -0.999. The largest absolute Gasteiger partial charge is 0.494 e. The number of Topliss-reactive ketones (excluding diaryl/α,β-unsaturated/α-hetero) is 1. The summed E-state index contributed by atoms with van der Waals surface area (Å²) in [7, 11) is 1.29. The lowest BCUT2D eigenvalue weighted by Gasteiger charge is -2.07. The van der Waals surface area contributed by atoms with Crippen LogP contribution in [0, 0.1) is 5.82 Å². The second-order valence-corrected chi connectivity index (χ2v) is 5.23. The van der Waals surface area contributed by atoms with E-state index in [2.05, 4.69) is 9.97 Å². The molecule has 0 atom stereocenters. The number of alkyl halides is 3. The molecule has 0 fully saturated rings. The minimum atomic E-state index is -4.58. The van der Waals surface area contributed by atoms with Crippen LogP contribution in [0.1, 0.15) is 16.1 Å². The first kappa shape index (κ1) is 17.2. The predicted molar refractivity (Wildman–Crippen MR) is 75.0 cm³/mol. The monoisotopic (exact) mass is 346 g/mol. The lowest BCUT2D eigenvalue weighted by Crippen LogP contribution is -2.09. The molecule has 9 heteroatoms. The van der Waals surface area contributed by atoms with E-state index in [1.807, 2.05) is 0 Å². The van der Waals surface area contributed by atoms with Crippen molar-refractivity contribution in [3.63, 3.8) is 0 Å². The second-order valence-electron chi connectivity index (χ2n) is 4.28. The number of nitrogens with zero attached hydrogens (tertiary/aromatic N) is 2. The number of ketones is 1. The molecule has 1 heterocycles. The first-order valence-corrected chi connectivity index (χ1v) is 7.19. The zero-order valence-electron chi connectivity index (χ0n) is 11.7. The molecule has 1 aromatic carbocycles. The highest BCUT2D eigenvalue weighted by atomic mass is 32.2. The number of carbonyl (C=O) groups is 1. The Morgan fingerprint density at radius 1 is 1.30 bits per heavy atom. The topological polar surface area (TPSA) is 52.1 Å². The van der Waals surface area contributed by atoms with Gasteiger partial charge in [0.15, 0.2) is 22.5 Å². The molecule has 0 N–H and O–H groups in total. The summed E-state index contributed by atoms with van der Waals surface area (Å²) in [5, 5.41) is -0.179. The summed E-state index contributed by atoms with van der Waals surface area (Å²) in [5.74, 6) is -1.38. The van der Waals surface area contributed by atoms with Crippen LogP contribution < -0.4 is 4.74 Å². The molecule has 0 saturated carbocycles. The fraction of sp³-hybridized carbons (Fsp3) is 0.214. The maximum Gasteiger partial charge on any atom is 0.433 e. The lowest BCUT2D eigenvalue weighted by molar-refractivity contribution is -0.141. The molecular formula is C14H10F4N2O2S. The van der Waals surface area contributed by atoms with Crippen LogP contribution in [0.25, 0.3) is 0 Å².